The van der Waals surface area contributed by atoms with Crippen molar-refractivity contribution >= 4 is 0 Å². The van der Waals surface area contributed by atoms with Crippen LogP contribution in [0.25, 0.3) is 0 Å². The molecule has 1 aliphatic rings. The molecule has 0 saturated carbocycles. The van der Waals surface area contributed by atoms with Gasteiger partial charge in [0.2, 0.25) is 0 Å². The molecule has 1 nitrogen and oxygen atoms in total. The molecule has 0 aromatic carbocycles. The molecule has 0 spiro atoms. The Morgan fingerprint density at radius 3 is 2.62 bits per heavy atom. The Morgan fingerprint density at radius 2 is 2.38 bits per heavy atom. The number of hydrogen-bond donors (Lipinski definition) is 0. The zero-order valence-electron chi connectivity index (χ0n) is 4.81. The van der Waals surface area contributed by atoms with Crippen molar-refractivity contribution in [2.24, 2.45) is 5.92 Å². The van der Waals surface area contributed by atoms with Crippen molar-refractivity contribution in [1.82, 2.24) is 0 Å². The van der Waals surface area contributed by atoms with Crippen LogP contribution in [-0.2, 0) is 4.74 Å². The van der Waals surface area contributed by atoms with Crippen LogP contribution < -0.4 is 0 Å². The van der Waals surface area contributed by atoms with E-state index in [-0.39, 0.29) is 7.43 Å². The van der Waals surface area contributed by atoms with E-state index in [4.69, 9.17) is 4.74 Å². The van der Waals surface area contributed by atoms with Gasteiger partial charge in [-0.2, -0.15) is 0 Å². The largest absolute Gasteiger partial charge is 0.381 e. The van der Waals surface area contributed by atoms with E-state index in [9.17, 15) is 0 Å². The molecular weight excluding hydrogens is 100 g/mol. The maximum absolute atomic E-state index is 5.15. The Morgan fingerprint density at radius 1 is 1.62 bits per heavy atom. The third-order valence-corrected chi connectivity index (χ3v) is 1.60. The van der Waals surface area contributed by atoms with E-state index in [2.05, 4.69) is 6.92 Å². The highest BCUT2D eigenvalue weighted by atomic mass is 16.5. The second-order valence-electron chi connectivity index (χ2n) is 2.14. The molecule has 1 heteroatoms. The van der Waals surface area contributed by atoms with Crippen LogP contribution in [0.5, 0.6) is 0 Å². The zero-order valence-corrected chi connectivity index (χ0v) is 4.81. The molecule has 1 aliphatic heterocycles. The highest BCUT2D eigenvalue weighted by Gasteiger charge is 2.11. The summed E-state index contributed by atoms with van der Waals surface area (Å²) in [5, 5.41) is 0. The van der Waals surface area contributed by atoms with Crippen LogP contribution in [0.4, 0.5) is 0 Å². The highest BCUT2D eigenvalue weighted by Crippen LogP contribution is 2.14. The zero-order chi connectivity index (χ0) is 5.11. The van der Waals surface area contributed by atoms with Gasteiger partial charge in [0.1, 0.15) is 0 Å². The first-order valence-electron chi connectivity index (χ1n) is 3.01. The SMILES string of the molecule is C.CCC1CCOC1. The predicted octanol–water partition coefficient (Wildman–Crippen LogP) is 2.07. The van der Waals surface area contributed by atoms with Crippen LogP contribution >= 0.6 is 0 Å². The summed E-state index contributed by atoms with van der Waals surface area (Å²) in [5.74, 6) is 0.875. The van der Waals surface area contributed by atoms with Crippen LogP contribution in [0.1, 0.15) is 27.2 Å². The normalized spacial score (nSPS) is 27.4. The third kappa shape index (κ3) is 1.83. The standard InChI is InChI=1S/C6H12O.CH4/c1-2-6-3-4-7-5-6;/h6H,2-5H2,1H3;1H4. The van der Waals surface area contributed by atoms with Crippen molar-refractivity contribution in [3.05, 3.63) is 0 Å². The average molecular weight is 116 g/mol. The summed E-state index contributed by atoms with van der Waals surface area (Å²) in [6.07, 6.45) is 2.58. The fraction of sp³-hybridized carbons (Fsp3) is 1.00. The van der Waals surface area contributed by atoms with E-state index in [1.54, 1.807) is 0 Å². The van der Waals surface area contributed by atoms with E-state index in [1.165, 1.54) is 12.8 Å². The molecule has 0 amide bonds. The molecule has 1 rings (SSSR count). The molecule has 50 valence electrons. The molecule has 0 aromatic rings. The molecule has 1 fully saturated rings. The molecular formula is C7H16O. The Kier molecular flexibility index (Phi) is 3.88. The smallest absolute Gasteiger partial charge is 0.0495 e. The van der Waals surface area contributed by atoms with Gasteiger partial charge in [0.15, 0.2) is 0 Å². The summed E-state index contributed by atoms with van der Waals surface area (Å²) in [6, 6.07) is 0. The van der Waals surface area contributed by atoms with Crippen molar-refractivity contribution in [3.63, 3.8) is 0 Å². The first kappa shape index (κ1) is 7.96. The first-order valence-corrected chi connectivity index (χ1v) is 3.01. The molecule has 1 saturated heterocycles. The maximum Gasteiger partial charge on any atom is 0.0495 e. The molecule has 1 heterocycles. The minimum atomic E-state index is 0. The van der Waals surface area contributed by atoms with Crippen LogP contribution in [-0.4, -0.2) is 13.2 Å². The molecule has 8 heavy (non-hydrogen) atoms. The maximum atomic E-state index is 5.15. The first-order chi connectivity index (χ1) is 3.43. The van der Waals surface area contributed by atoms with Crippen LogP contribution in [0.2, 0.25) is 0 Å². The van der Waals surface area contributed by atoms with Crippen LogP contribution in [0.15, 0.2) is 0 Å². The fourth-order valence-corrected chi connectivity index (χ4v) is 0.905. The molecule has 0 aliphatic carbocycles. The molecule has 1 unspecified atom stereocenters. The average Bonchev–Trinajstić information content (AvgIpc) is 2.14. The topological polar surface area (TPSA) is 9.23 Å². The number of hydrogen-bond acceptors (Lipinski definition) is 1. The molecule has 0 radical (unpaired) electrons. The quantitative estimate of drug-likeness (QED) is 0.509. The van der Waals surface area contributed by atoms with Crippen molar-refractivity contribution in [2.75, 3.05) is 13.2 Å². The summed E-state index contributed by atoms with van der Waals surface area (Å²) < 4.78 is 5.15. The van der Waals surface area contributed by atoms with Gasteiger partial charge >= 0.3 is 0 Å². The van der Waals surface area contributed by atoms with Gasteiger partial charge in [-0.15, -0.1) is 0 Å². The van der Waals surface area contributed by atoms with Gasteiger partial charge in [0.25, 0.3) is 0 Å². The van der Waals surface area contributed by atoms with Crippen molar-refractivity contribution in [1.29, 1.82) is 0 Å². The number of ether oxygens (including phenoxy) is 1. The van der Waals surface area contributed by atoms with Crippen molar-refractivity contribution < 1.29 is 4.74 Å². The summed E-state index contributed by atoms with van der Waals surface area (Å²) >= 11 is 0. The Bertz CT molecular complexity index is 46.3. The van der Waals surface area contributed by atoms with Crippen molar-refractivity contribution in [2.45, 2.75) is 27.2 Å². The van der Waals surface area contributed by atoms with Gasteiger partial charge in [0.05, 0.1) is 0 Å². The van der Waals surface area contributed by atoms with Crippen LogP contribution in [0.3, 0.4) is 0 Å². The second kappa shape index (κ2) is 3.90. The van der Waals surface area contributed by atoms with E-state index in [0.29, 0.717) is 0 Å². The van der Waals surface area contributed by atoms with E-state index >= 15 is 0 Å². The van der Waals surface area contributed by atoms with Crippen molar-refractivity contribution in [3.8, 4) is 0 Å². The minimum absolute atomic E-state index is 0. The van der Waals surface area contributed by atoms with Crippen LogP contribution in [0, 0.1) is 5.92 Å². The Hall–Kier alpha value is -0.0400. The predicted molar refractivity (Wildman–Crippen MR) is 35.9 cm³/mol. The van der Waals surface area contributed by atoms with E-state index in [1.807, 2.05) is 0 Å². The van der Waals surface area contributed by atoms with Gasteiger partial charge in [-0.25, -0.2) is 0 Å². The van der Waals surface area contributed by atoms with Gasteiger partial charge < -0.3 is 4.74 Å². The van der Waals surface area contributed by atoms with Gasteiger partial charge in [-0.05, 0) is 12.3 Å². The summed E-state index contributed by atoms with van der Waals surface area (Å²) in [6.45, 7) is 4.23. The summed E-state index contributed by atoms with van der Waals surface area (Å²) in [4.78, 5) is 0. The lowest BCUT2D eigenvalue weighted by atomic mass is 10.1. The van der Waals surface area contributed by atoms with Gasteiger partial charge in [-0.3, -0.25) is 0 Å². The van der Waals surface area contributed by atoms with E-state index in [0.717, 1.165) is 19.1 Å². The van der Waals surface area contributed by atoms with E-state index < -0.39 is 0 Å². The fourth-order valence-electron chi connectivity index (χ4n) is 0.905. The molecule has 0 aromatic heterocycles. The lowest BCUT2D eigenvalue weighted by Crippen LogP contribution is -1.94. The number of rotatable bonds is 1. The molecule has 0 bridgehead atoms. The lowest BCUT2D eigenvalue weighted by Gasteiger charge is -1.97. The Labute approximate surface area is 52.0 Å². The Balaban J connectivity index is 0.000000490. The minimum Gasteiger partial charge on any atom is -0.381 e. The third-order valence-electron chi connectivity index (χ3n) is 1.60. The molecule has 0 N–H and O–H groups in total. The second-order valence-corrected chi connectivity index (χ2v) is 2.14. The van der Waals surface area contributed by atoms with Gasteiger partial charge in [-0.1, -0.05) is 20.8 Å². The summed E-state index contributed by atoms with van der Waals surface area (Å²) in [5.41, 5.74) is 0. The highest BCUT2D eigenvalue weighted by molar-refractivity contribution is 4.60. The summed E-state index contributed by atoms with van der Waals surface area (Å²) in [7, 11) is 0. The lowest BCUT2D eigenvalue weighted by molar-refractivity contribution is 0.185. The molecule has 1 atom stereocenters. The monoisotopic (exact) mass is 116 g/mol. The van der Waals surface area contributed by atoms with Gasteiger partial charge in [0, 0.05) is 13.2 Å².